The second kappa shape index (κ2) is 8.56. The number of aliphatic hydroxyl groups is 1. The van der Waals surface area contributed by atoms with Crippen LogP contribution in [-0.2, 0) is 9.16 Å². The summed E-state index contributed by atoms with van der Waals surface area (Å²) >= 11 is 0. The molecule has 0 unspecified atom stereocenters. The lowest BCUT2D eigenvalue weighted by Crippen LogP contribution is -2.66. The highest BCUT2D eigenvalue weighted by molar-refractivity contribution is 6.99. The zero-order chi connectivity index (χ0) is 21.1. The third-order valence-corrected chi connectivity index (χ3v) is 10.9. The molecule has 1 aliphatic rings. The van der Waals surface area contributed by atoms with Gasteiger partial charge in [-0.2, -0.15) is 0 Å². The van der Waals surface area contributed by atoms with Gasteiger partial charge in [-0.05, 0) is 15.4 Å². The smallest absolute Gasteiger partial charge is 0.261 e. The number of benzene rings is 2. The van der Waals surface area contributed by atoms with E-state index in [0.717, 1.165) is 0 Å². The van der Waals surface area contributed by atoms with Crippen LogP contribution < -0.4 is 10.4 Å². The van der Waals surface area contributed by atoms with Crippen molar-refractivity contribution in [2.75, 3.05) is 13.2 Å². The Morgan fingerprint density at radius 3 is 1.86 bits per heavy atom. The van der Waals surface area contributed by atoms with Gasteiger partial charge in [0.2, 0.25) is 0 Å². The maximum Gasteiger partial charge on any atom is 0.261 e. The van der Waals surface area contributed by atoms with Crippen molar-refractivity contribution in [1.29, 1.82) is 0 Å². The van der Waals surface area contributed by atoms with Gasteiger partial charge in [-0.25, -0.2) is 0 Å². The topological polar surface area (TPSA) is 42.0 Å². The van der Waals surface area contributed by atoms with E-state index < -0.39 is 8.32 Å². The molecule has 156 valence electrons. The first kappa shape index (κ1) is 22.0. The maximum absolute atomic E-state index is 9.29. The van der Waals surface area contributed by atoms with Crippen molar-refractivity contribution in [1.82, 2.24) is 0 Å². The van der Waals surface area contributed by atoms with E-state index in [1.54, 1.807) is 0 Å². The third kappa shape index (κ3) is 4.56. The number of rotatable bonds is 8. The summed E-state index contributed by atoms with van der Waals surface area (Å²) in [6, 6.07) is 21.4. The number of hydrogen-bond acceptors (Lipinski definition) is 3. The van der Waals surface area contributed by atoms with E-state index in [9.17, 15) is 5.11 Å². The largest absolute Gasteiger partial charge is 0.404 e. The van der Waals surface area contributed by atoms with E-state index in [1.807, 2.05) is 0 Å². The van der Waals surface area contributed by atoms with Crippen LogP contribution in [0.1, 0.15) is 34.6 Å². The highest BCUT2D eigenvalue weighted by Gasteiger charge is 2.50. The Morgan fingerprint density at radius 1 is 0.931 bits per heavy atom. The first-order valence-corrected chi connectivity index (χ1v) is 12.3. The molecule has 1 aliphatic heterocycles. The lowest BCUT2D eigenvalue weighted by molar-refractivity contribution is 0.235. The standard InChI is InChI=1S/C25H34O3Si/c1-24(2,3)29(20-13-8-6-9-14-20,21-15-10-7-11-16-21)27-18-12-17-25(4,5)23-22(19-26)28-23/h6-17,22-23,26H,18-19H2,1-5H3/b17-12+/t22-,23+/m1/s1. The van der Waals surface area contributed by atoms with Gasteiger partial charge in [-0.15, -0.1) is 0 Å². The molecule has 1 saturated heterocycles. The minimum atomic E-state index is -2.50. The van der Waals surface area contributed by atoms with Gasteiger partial charge in [0.1, 0.15) is 6.10 Å². The summed E-state index contributed by atoms with van der Waals surface area (Å²) in [7, 11) is -2.50. The van der Waals surface area contributed by atoms with E-state index in [2.05, 4.69) is 107 Å². The summed E-state index contributed by atoms with van der Waals surface area (Å²) in [5.41, 5.74) is -0.123. The van der Waals surface area contributed by atoms with Gasteiger partial charge >= 0.3 is 0 Å². The molecule has 0 bridgehead atoms. The van der Waals surface area contributed by atoms with Crippen LogP contribution in [0.5, 0.6) is 0 Å². The van der Waals surface area contributed by atoms with Gasteiger partial charge in [-0.1, -0.05) is 107 Å². The van der Waals surface area contributed by atoms with E-state index in [-0.39, 0.29) is 29.3 Å². The van der Waals surface area contributed by atoms with Crippen LogP contribution in [0.25, 0.3) is 0 Å². The second-order valence-electron chi connectivity index (χ2n) is 9.48. The molecule has 1 fully saturated rings. The molecule has 0 spiro atoms. The molecule has 0 amide bonds. The minimum Gasteiger partial charge on any atom is -0.404 e. The number of epoxide rings is 1. The Hall–Kier alpha value is -1.72. The molecule has 2 aromatic rings. The summed E-state index contributed by atoms with van der Waals surface area (Å²) in [6.45, 7) is 11.8. The molecule has 2 aromatic carbocycles. The van der Waals surface area contributed by atoms with Gasteiger partial charge in [0.05, 0.1) is 19.3 Å². The number of aliphatic hydroxyl groups excluding tert-OH is 1. The predicted molar refractivity (Wildman–Crippen MR) is 122 cm³/mol. The highest BCUT2D eigenvalue weighted by Crippen LogP contribution is 2.40. The predicted octanol–water partition coefficient (Wildman–Crippen LogP) is 3.91. The second-order valence-corrected chi connectivity index (χ2v) is 13.8. The number of ether oxygens (including phenoxy) is 1. The molecule has 1 heterocycles. The van der Waals surface area contributed by atoms with Crippen molar-refractivity contribution in [2.24, 2.45) is 5.41 Å². The van der Waals surface area contributed by atoms with Crippen molar-refractivity contribution in [3.05, 3.63) is 72.8 Å². The van der Waals surface area contributed by atoms with E-state index in [1.165, 1.54) is 10.4 Å². The van der Waals surface area contributed by atoms with E-state index in [0.29, 0.717) is 6.61 Å². The van der Waals surface area contributed by atoms with Gasteiger partial charge in [0, 0.05) is 5.41 Å². The normalized spacial score (nSPS) is 20.2. The third-order valence-electron chi connectivity index (χ3n) is 5.86. The zero-order valence-electron chi connectivity index (χ0n) is 18.3. The van der Waals surface area contributed by atoms with E-state index >= 15 is 0 Å². The fourth-order valence-corrected chi connectivity index (χ4v) is 8.82. The molecule has 1 N–H and O–H groups in total. The van der Waals surface area contributed by atoms with Gasteiger partial charge in [0.15, 0.2) is 0 Å². The van der Waals surface area contributed by atoms with Crippen molar-refractivity contribution in [3.8, 4) is 0 Å². The molecule has 0 aromatic heterocycles. The van der Waals surface area contributed by atoms with Crippen LogP contribution in [0.15, 0.2) is 72.8 Å². The highest BCUT2D eigenvalue weighted by atomic mass is 28.4. The maximum atomic E-state index is 9.29. The lowest BCUT2D eigenvalue weighted by Gasteiger charge is -2.42. The van der Waals surface area contributed by atoms with Crippen LogP contribution >= 0.6 is 0 Å². The van der Waals surface area contributed by atoms with Gasteiger partial charge in [-0.3, -0.25) is 0 Å². The molecule has 4 heteroatoms. The molecule has 2 atom stereocenters. The fourth-order valence-electron chi connectivity index (χ4n) is 4.32. The van der Waals surface area contributed by atoms with Crippen LogP contribution in [0, 0.1) is 5.41 Å². The Kier molecular flexibility index (Phi) is 6.49. The first-order chi connectivity index (χ1) is 13.7. The molecule has 3 rings (SSSR count). The lowest BCUT2D eigenvalue weighted by atomic mass is 9.87. The Morgan fingerprint density at radius 2 is 1.45 bits per heavy atom. The molecule has 0 aliphatic carbocycles. The SMILES string of the molecule is CC(C)(/C=C/CO[Si](c1ccccc1)(c1ccccc1)C(C)(C)C)[C@H]1O[C@@H]1CO. The zero-order valence-corrected chi connectivity index (χ0v) is 19.3. The summed E-state index contributed by atoms with van der Waals surface area (Å²) in [6.07, 6.45) is 4.34. The van der Waals surface area contributed by atoms with Gasteiger partial charge in [0.25, 0.3) is 8.32 Å². The fraction of sp³-hybridized carbons (Fsp3) is 0.440. The van der Waals surface area contributed by atoms with Crippen molar-refractivity contribution < 1.29 is 14.3 Å². The molecule has 0 radical (unpaired) electrons. The molecular formula is C25H34O3Si. The van der Waals surface area contributed by atoms with E-state index in [4.69, 9.17) is 9.16 Å². The minimum absolute atomic E-state index is 0.0271. The molecule has 0 saturated carbocycles. The summed E-state index contributed by atoms with van der Waals surface area (Å²) < 4.78 is 12.5. The van der Waals surface area contributed by atoms with Crippen molar-refractivity contribution >= 4 is 18.7 Å². The first-order valence-electron chi connectivity index (χ1n) is 10.4. The Balaban J connectivity index is 1.89. The molecule has 29 heavy (non-hydrogen) atoms. The average molecular weight is 411 g/mol. The molecular weight excluding hydrogens is 376 g/mol. The molecule has 3 nitrogen and oxygen atoms in total. The van der Waals surface area contributed by atoms with Crippen molar-refractivity contribution in [3.63, 3.8) is 0 Å². The summed E-state index contributed by atoms with van der Waals surface area (Å²) in [5, 5.41) is 11.8. The van der Waals surface area contributed by atoms with Crippen molar-refractivity contribution in [2.45, 2.75) is 51.9 Å². The number of hydrogen-bond donors (Lipinski definition) is 1. The van der Waals surface area contributed by atoms with Crippen LogP contribution in [-0.4, -0.2) is 38.8 Å². The average Bonchev–Trinajstić information content (AvgIpc) is 3.49. The van der Waals surface area contributed by atoms with Crippen LogP contribution in [0.3, 0.4) is 0 Å². The van der Waals surface area contributed by atoms with Gasteiger partial charge < -0.3 is 14.3 Å². The summed E-state index contributed by atoms with van der Waals surface area (Å²) in [4.78, 5) is 0. The van der Waals surface area contributed by atoms with Crippen LogP contribution in [0.2, 0.25) is 5.04 Å². The Labute approximate surface area is 176 Å². The Bertz CT molecular complexity index is 769. The monoisotopic (exact) mass is 410 g/mol. The summed E-state index contributed by atoms with van der Waals surface area (Å²) in [5.74, 6) is 0. The van der Waals surface area contributed by atoms with Crippen LogP contribution in [0.4, 0.5) is 0 Å². The quantitative estimate of drug-likeness (QED) is 0.408.